The lowest BCUT2D eigenvalue weighted by molar-refractivity contribution is 0.1000. The summed E-state index contributed by atoms with van der Waals surface area (Å²) >= 11 is 0. The molecule has 0 saturated carbocycles. The van der Waals surface area contributed by atoms with Crippen LogP contribution in [0.15, 0.2) is 24.3 Å². The van der Waals surface area contributed by atoms with Gasteiger partial charge in [-0.2, -0.15) is 0 Å². The molecule has 1 aromatic rings. The maximum absolute atomic E-state index is 10.9. The van der Waals surface area contributed by atoms with Gasteiger partial charge in [-0.1, -0.05) is 0 Å². The number of likely N-dealkylation sites (N-methyl/N-ethyl adjacent to an activating group) is 1. The average molecular weight is 263 g/mol. The third-order valence-corrected chi connectivity index (χ3v) is 3.41. The first kappa shape index (κ1) is 13.8. The fraction of sp³-hybridized carbons (Fsp3) is 0.500. The van der Waals surface area contributed by atoms with Gasteiger partial charge in [0.05, 0.1) is 0 Å². The van der Waals surface area contributed by atoms with Crippen LogP contribution in [-0.2, 0) is 0 Å². The van der Waals surface area contributed by atoms with Crippen LogP contribution >= 0.6 is 0 Å². The highest BCUT2D eigenvalue weighted by Crippen LogP contribution is 2.11. The van der Waals surface area contributed by atoms with Gasteiger partial charge in [-0.15, -0.1) is 0 Å². The van der Waals surface area contributed by atoms with E-state index in [9.17, 15) is 4.79 Å². The molecule has 2 N–H and O–H groups in total. The Bertz CT molecular complexity index is 411. The number of carbonyl (C=O) groups excluding carboxylic acids is 1. The second kappa shape index (κ2) is 6.54. The van der Waals surface area contributed by atoms with Gasteiger partial charge >= 0.3 is 0 Å². The number of nitrogens with two attached hydrogens (primary N) is 1. The number of carbonyl (C=O) groups is 1. The molecule has 1 aliphatic rings. The SMILES string of the molecule is CN1CCN(CCOc2ccc(C(N)=O)cc2)CC1. The highest BCUT2D eigenvalue weighted by molar-refractivity contribution is 5.92. The Morgan fingerprint density at radius 1 is 1.21 bits per heavy atom. The summed E-state index contributed by atoms with van der Waals surface area (Å²) < 4.78 is 5.66. The van der Waals surface area contributed by atoms with Crippen LogP contribution in [0, 0.1) is 0 Å². The first-order valence-corrected chi connectivity index (χ1v) is 6.59. The second-order valence-corrected chi connectivity index (χ2v) is 4.88. The van der Waals surface area contributed by atoms with Crippen LogP contribution in [0.2, 0.25) is 0 Å². The number of benzene rings is 1. The molecule has 0 radical (unpaired) electrons. The number of ether oxygens (including phenoxy) is 1. The standard InChI is InChI=1S/C14H21N3O2/c1-16-6-8-17(9-7-16)10-11-19-13-4-2-12(3-5-13)14(15)18/h2-5H,6-11H2,1H3,(H2,15,18). The number of amides is 1. The van der Waals surface area contributed by atoms with Crippen molar-refractivity contribution in [2.24, 2.45) is 5.73 Å². The minimum Gasteiger partial charge on any atom is -0.492 e. The van der Waals surface area contributed by atoms with Crippen molar-refractivity contribution >= 4 is 5.91 Å². The molecule has 104 valence electrons. The van der Waals surface area contributed by atoms with Crippen LogP contribution in [-0.4, -0.2) is 62.1 Å². The van der Waals surface area contributed by atoms with E-state index in [1.54, 1.807) is 24.3 Å². The molecule has 1 saturated heterocycles. The van der Waals surface area contributed by atoms with Gasteiger partial charge in [0.15, 0.2) is 0 Å². The minimum absolute atomic E-state index is 0.413. The van der Waals surface area contributed by atoms with E-state index in [0.717, 1.165) is 38.5 Å². The Morgan fingerprint density at radius 3 is 2.42 bits per heavy atom. The molecule has 1 aliphatic heterocycles. The van der Waals surface area contributed by atoms with Gasteiger partial charge in [0.25, 0.3) is 0 Å². The summed E-state index contributed by atoms with van der Waals surface area (Å²) in [5.74, 6) is 0.364. The average Bonchev–Trinajstić information content (AvgIpc) is 2.41. The smallest absolute Gasteiger partial charge is 0.248 e. The van der Waals surface area contributed by atoms with E-state index < -0.39 is 5.91 Å². The second-order valence-electron chi connectivity index (χ2n) is 4.88. The predicted molar refractivity (Wildman–Crippen MR) is 74.4 cm³/mol. The summed E-state index contributed by atoms with van der Waals surface area (Å²) in [6, 6.07) is 6.94. The summed E-state index contributed by atoms with van der Waals surface area (Å²) in [5.41, 5.74) is 5.69. The molecular weight excluding hydrogens is 242 g/mol. The van der Waals surface area contributed by atoms with Gasteiger partial charge < -0.3 is 15.4 Å². The van der Waals surface area contributed by atoms with E-state index in [-0.39, 0.29) is 0 Å². The molecule has 0 aliphatic carbocycles. The number of piperazine rings is 1. The van der Waals surface area contributed by atoms with Gasteiger partial charge in [-0.05, 0) is 31.3 Å². The largest absolute Gasteiger partial charge is 0.492 e. The lowest BCUT2D eigenvalue weighted by Crippen LogP contribution is -2.45. The molecule has 0 spiro atoms. The van der Waals surface area contributed by atoms with Crippen molar-refractivity contribution < 1.29 is 9.53 Å². The van der Waals surface area contributed by atoms with Crippen molar-refractivity contribution in [3.05, 3.63) is 29.8 Å². The fourth-order valence-corrected chi connectivity index (χ4v) is 2.08. The van der Waals surface area contributed by atoms with Crippen molar-refractivity contribution in [3.63, 3.8) is 0 Å². The molecule has 1 fully saturated rings. The van der Waals surface area contributed by atoms with Crippen molar-refractivity contribution in [1.29, 1.82) is 0 Å². The molecule has 2 rings (SSSR count). The van der Waals surface area contributed by atoms with Crippen LogP contribution in [0.1, 0.15) is 10.4 Å². The first-order valence-electron chi connectivity index (χ1n) is 6.59. The van der Waals surface area contributed by atoms with Crippen LogP contribution in [0.4, 0.5) is 0 Å². The lowest BCUT2D eigenvalue weighted by Gasteiger charge is -2.32. The fourth-order valence-electron chi connectivity index (χ4n) is 2.08. The monoisotopic (exact) mass is 263 g/mol. The molecule has 1 aromatic carbocycles. The van der Waals surface area contributed by atoms with E-state index in [0.29, 0.717) is 12.2 Å². The van der Waals surface area contributed by atoms with E-state index in [1.807, 2.05) is 0 Å². The first-order chi connectivity index (χ1) is 9.15. The summed E-state index contributed by atoms with van der Waals surface area (Å²) in [5, 5.41) is 0. The molecule has 5 heteroatoms. The summed E-state index contributed by atoms with van der Waals surface area (Å²) in [4.78, 5) is 15.7. The number of nitrogens with zero attached hydrogens (tertiary/aromatic N) is 2. The van der Waals surface area contributed by atoms with E-state index in [1.165, 1.54) is 0 Å². The summed E-state index contributed by atoms with van der Waals surface area (Å²) in [6.45, 7) is 6.03. The molecule has 0 bridgehead atoms. The third-order valence-electron chi connectivity index (χ3n) is 3.41. The van der Waals surface area contributed by atoms with Crippen LogP contribution in [0.5, 0.6) is 5.75 Å². The Kier molecular flexibility index (Phi) is 4.76. The number of hydrogen-bond donors (Lipinski definition) is 1. The lowest BCUT2D eigenvalue weighted by atomic mass is 10.2. The predicted octanol–water partition coefficient (Wildman–Crippen LogP) is 0.412. The Balaban J connectivity index is 1.72. The number of hydrogen-bond acceptors (Lipinski definition) is 4. The molecule has 0 atom stereocenters. The Morgan fingerprint density at radius 2 is 1.84 bits per heavy atom. The van der Waals surface area contributed by atoms with E-state index in [2.05, 4.69) is 16.8 Å². The number of primary amides is 1. The molecule has 0 unspecified atom stereocenters. The quantitative estimate of drug-likeness (QED) is 0.836. The van der Waals surface area contributed by atoms with Gasteiger partial charge in [0, 0.05) is 38.3 Å². The van der Waals surface area contributed by atoms with Crippen molar-refractivity contribution in [1.82, 2.24) is 9.80 Å². The van der Waals surface area contributed by atoms with Gasteiger partial charge in [0.1, 0.15) is 12.4 Å². The maximum atomic E-state index is 10.9. The normalized spacial score (nSPS) is 17.3. The van der Waals surface area contributed by atoms with Gasteiger partial charge in [-0.3, -0.25) is 9.69 Å². The highest BCUT2D eigenvalue weighted by Gasteiger charge is 2.13. The maximum Gasteiger partial charge on any atom is 0.248 e. The zero-order chi connectivity index (χ0) is 13.7. The topological polar surface area (TPSA) is 58.8 Å². The highest BCUT2D eigenvalue weighted by atomic mass is 16.5. The zero-order valence-electron chi connectivity index (χ0n) is 11.3. The molecule has 1 amide bonds. The van der Waals surface area contributed by atoms with E-state index >= 15 is 0 Å². The molecular formula is C14H21N3O2. The zero-order valence-corrected chi connectivity index (χ0v) is 11.3. The molecule has 1 heterocycles. The minimum atomic E-state index is -0.413. The van der Waals surface area contributed by atoms with Crippen LogP contribution in [0.3, 0.4) is 0 Å². The van der Waals surface area contributed by atoms with Crippen molar-refractivity contribution in [2.45, 2.75) is 0 Å². The van der Waals surface area contributed by atoms with E-state index in [4.69, 9.17) is 10.5 Å². The Hall–Kier alpha value is -1.59. The molecule has 5 nitrogen and oxygen atoms in total. The van der Waals surface area contributed by atoms with Gasteiger partial charge in [0.2, 0.25) is 5.91 Å². The van der Waals surface area contributed by atoms with Crippen LogP contribution < -0.4 is 10.5 Å². The van der Waals surface area contributed by atoms with Crippen molar-refractivity contribution in [3.8, 4) is 5.75 Å². The Labute approximate surface area is 113 Å². The van der Waals surface area contributed by atoms with Gasteiger partial charge in [-0.25, -0.2) is 0 Å². The molecule has 19 heavy (non-hydrogen) atoms. The third kappa shape index (κ3) is 4.22. The molecule has 0 aromatic heterocycles. The van der Waals surface area contributed by atoms with Crippen molar-refractivity contribution in [2.75, 3.05) is 46.4 Å². The number of rotatable bonds is 5. The summed E-state index contributed by atoms with van der Waals surface area (Å²) in [6.07, 6.45) is 0. The van der Waals surface area contributed by atoms with Crippen LogP contribution in [0.25, 0.3) is 0 Å². The summed E-state index contributed by atoms with van der Waals surface area (Å²) in [7, 11) is 2.15.